The minimum absolute atomic E-state index is 0.0785. The van der Waals surface area contributed by atoms with Gasteiger partial charge in [-0.1, -0.05) is 30.0 Å². The zero-order chi connectivity index (χ0) is 16.4. The number of benzene rings is 1. The molecule has 6 heteroatoms. The predicted molar refractivity (Wildman–Crippen MR) is 93.2 cm³/mol. The predicted octanol–water partition coefficient (Wildman–Crippen LogP) is 3.77. The minimum Gasteiger partial charge on any atom is -0.326 e. The number of nitrogens with one attached hydrogen (secondary N) is 1. The number of anilines is 1. The van der Waals surface area contributed by atoms with Gasteiger partial charge in [-0.3, -0.25) is 9.36 Å². The highest BCUT2D eigenvalue weighted by atomic mass is 32.2. The van der Waals surface area contributed by atoms with E-state index in [0.29, 0.717) is 5.92 Å². The van der Waals surface area contributed by atoms with Gasteiger partial charge in [-0.05, 0) is 38.0 Å². The molecule has 1 saturated carbocycles. The van der Waals surface area contributed by atoms with Gasteiger partial charge in [-0.15, -0.1) is 10.2 Å². The van der Waals surface area contributed by atoms with E-state index in [-0.39, 0.29) is 5.91 Å². The Bertz CT molecular complexity index is 749. The molecule has 1 heterocycles. The maximum atomic E-state index is 11.3. The van der Waals surface area contributed by atoms with Crippen molar-refractivity contribution < 1.29 is 4.79 Å². The van der Waals surface area contributed by atoms with E-state index < -0.39 is 0 Å². The molecule has 0 aliphatic heterocycles. The molecule has 0 bridgehead atoms. The molecule has 1 fully saturated rings. The average Bonchev–Trinajstić information content (AvgIpc) is 3.24. The van der Waals surface area contributed by atoms with Crippen LogP contribution < -0.4 is 5.32 Å². The Morgan fingerprint density at radius 1 is 1.39 bits per heavy atom. The molecule has 120 valence electrons. The fraction of sp³-hybridized carbons (Fsp3) is 0.353. The van der Waals surface area contributed by atoms with Crippen molar-refractivity contribution >= 4 is 23.4 Å². The molecular weight excluding hydrogens is 308 g/mol. The van der Waals surface area contributed by atoms with Gasteiger partial charge in [0, 0.05) is 24.3 Å². The number of nitrogens with zero attached hydrogens (tertiary/aromatic N) is 3. The van der Waals surface area contributed by atoms with E-state index in [4.69, 9.17) is 0 Å². The second-order valence-corrected chi connectivity index (χ2v) is 6.87. The van der Waals surface area contributed by atoms with E-state index in [1.54, 1.807) is 11.8 Å². The normalized spacial score (nSPS) is 13.8. The lowest BCUT2D eigenvalue weighted by atomic mass is 10.2. The number of carbonyl (C=O) groups is 1. The van der Waals surface area contributed by atoms with Crippen LogP contribution in [-0.2, 0) is 4.79 Å². The van der Waals surface area contributed by atoms with Crippen LogP contribution in [0.5, 0.6) is 0 Å². The molecule has 1 aromatic heterocycles. The van der Waals surface area contributed by atoms with Crippen LogP contribution in [0.2, 0.25) is 0 Å². The maximum absolute atomic E-state index is 11.3. The van der Waals surface area contributed by atoms with Gasteiger partial charge in [-0.25, -0.2) is 0 Å². The molecule has 0 spiro atoms. The number of amides is 1. The van der Waals surface area contributed by atoms with E-state index in [1.807, 2.05) is 31.2 Å². The van der Waals surface area contributed by atoms with E-state index in [1.165, 1.54) is 6.92 Å². The summed E-state index contributed by atoms with van der Waals surface area (Å²) < 4.78 is 2.11. The quantitative estimate of drug-likeness (QED) is 0.648. The molecule has 5 nitrogen and oxygen atoms in total. The summed E-state index contributed by atoms with van der Waals surface area (Å²) in [4.78, 5) is 11.3. The highest BCUT2D eigenvalue weighted by molar-refractivity contribution is 7.99. The number of thioether (sulfide) groups is 1. The van der Waals surface area contributed by atoms with Crippen LogP contribution in [0.15, 0.2) is 41.6 Å². The Morgan fingerprint density at radius 3 is 2.83 bits per heavy atom. The first-order valence-electron chi connectivity index (χ1n) is 7.65. The molecule has 0 unspecified atom stereocenters. The molecule has 1 aliphatic rings. The highest BCUT2D eigenvalue weighted by Gasteiger charge is 2.31. The number of carbonyl (C=O) groups excluding carboxylic acids is 1. The van der Waals surface area contributed by atoms with E-state index in [2.05, 4.69) is 26.7 Å². The van der Waals surface area contributed by atoms with E-state index in [9.17, 15) is 4.79 Å². The SMILES string of the molecule is C=C(C)CSc1nnc(C2CC2)n1-c1cccc(NC(C)=O)c1. The zero-order valence-electron chi connectivity index (χ0n) is 13.4. The highest BCUT2D eigenvalue weighted by Crippen LogP contribution is 2.41. The zero-order valence-corrected chi connectivity index (χ0v) is 14.2. The summed E-state index contributed by atoms with van der Waals surface area (Å²) in [6.45, 7) is 7.46. The Labute approximate surface area is 140 Å². The van der Waals surface area contributed by atoms with E-state index in [0.717, 1.165) is 46.5 Å². The van der Waals surface area contributed by atoms with Crippen molar-refractivity contribution in [2.75, 3.05) is 11.1 Å². The lowest BCUT2D eigenvalue weighted by Crippen LogP contribution is -2.07. The van der Waals surface area contributed by atoms with Gasteiger partial charge in [-0.2, -0.15) is 0 Å². The second-order valence-electron chi connectivity index (χ2n) is 5.93. The van der Waals surface area contributed by atoms with Gasteiger partial charge in [0.05, 0.1) is 5.69 Å². The number of rotatable bonds is 6. The van der Waals surface area contributed by atoms with Gasteiger partial charge in [0.1, 0.15) is 5.82 Å². The Morgan fingerprint density at radius 2 is 2.17 bits per heavy atom. The topological polar surface area (TPSA) is 59.8 Å². The van der Waals surface area contributed by atoms with Crippen LogP contribution >= 0.6 is 11.8 Å². The third kappa shape index (κ3) is 3.82. The largest absolute Gasteiger partial charge is 0.326 e. The third-order valence-corrected chi connectivity index (χ3v) is 4.63. The van der Waals surface area contributed by atoms with Crippen LogP contribution in [0.25, 0.3) is 5.69 Å². The molecule has 1 N–H and O–H groups in total. The van der Waals surface area contributed by atoms with Gasteiger partial charge in [0.15, 0.2) is 5.16 Å². The summed E-state index contributed by atoms with van der Waals surface area (Å²) in [6.07, 6.45) is 2.32. The average molecular weight is 328 g/mol. The molecule has 1 amide bonds. The van der Waals surface area contributed by atoms with Crippen molar-refractivity contribution in [2.24, 2.45) is 0 Å². The standard InChI is InChI=1S/C17H20N4OS/c1-11(2)10-23-17-20-19-16(13-7-8-13)21(17)15-6-4-5-14(9-15)18-12(3)22/h4-6,9,13H,1,7-8,10H2,2-3H3,(H,18,22). The lowest BCUT2D eigenvalue weighted by molar-refractivity contribution is -0.114. The summed E-state index contributed by atoms with van der Waals surface area (Å²) >= 11 is 1.64. The summed E-state index contributed by atoms with van der Waals surface area (Å²) in [5.74, 6) is 2.24. The van der Waals surface area contributed by atoms with Gasteiger partial charge in [0.2, 0.25) is 5.91 Å². The fourth-order valence-corrected chi connectivity index (χ4v) is 3.14. The minimum atomic E-state index is -0.0785. The first-order valence-corrected chi connectivity index (χ1v) is 8.63. The molecule has 0 saturated heterocycles. The van der Waals surface area contributed by atoms with Crippen LogP contribution in [0.1, 0.15) is 38.4 Å². The number of hydrogen-bond donors (Lipinski definition) is 1. The molecule has 1 aromatic carbocycles. The number of hydrogen-bond acceptors (Lipinski definition) is 4. The van der Waals surface area contributed by atoms with E-state index >= 15 is 0 Å². The third-order valence-electron chi connectivity index (χ3n) is 3.47. The summed E-state index contributed by atoms with van der Waals surface area (Å²) in [7, 11) is 0. The van der Waals surface area contributed by atoms with Crippen LogP contribution in [0, 0.1) is 0 Å². The Hall–Kier alpha value is -2.08. The van der Waals surface area contributed by atoms with Crippen molar-refractivity contribution in [1.29, 1.82) is 0 Å². The van der Waals surface area contributed by atoms with Crippen molar-refractivity contribution in [3.8, 4) is 5.69 Å². The molecule has 2 aromatic rings. The second kappa shape index (κ2) is 6.58. The first-order chi connectivity index (χ1) is 11.0. The smallest absolute Gasteiger partial charge is 0.221 e. The summed E-state index contributed by atoms with van der Waals surface area (Å²) in [5.41, 5.74) is 2.86. The summed E-state index contributed by atoms with van der Waals surface area (Å²) in [6, 6.07) is 7.80. The maximum Gasteiger partial charge on any atom is 0.221 e. The van der Waals surface area contributed by atoms with Gasteiger partial charge in [0.25, 0.3) is 0 Å². The number of aromatic nitrogens is 3. The van der Waals surface area contributed by atoms with Crippen LogP contribution in [0.3, 0.4) is 0 Å². The van der Waals surface area contributed by atoms with Crippen LogP contribution in [0.4, 0.5) is 5.69 Å². The summed E-state index contributed by atoms with van der Waals surface area (Å²) in [5, 5.41) is 12.5. The molecule has 1 aliphatic carbocycles. The van der Waals surface area contributed by atoms with Crippen molar-refractivity contribution in [1.82, 2.24) is 14.8 Å². The van der Waals surface area contributed by atoms with Gasteiger partial charge >= 0.3 is 0 Å². The monoisotopic (exact) mass is 328 g/mol. The molecule has 3 rings (SSSR count). The molecule has 0 radical (unpaired) electrons. The van der Waals surface area contributed by atoms with Gasteiger partial charge < -0.3 is 5.32 Å². The molecular formula is C17H20N4OS. The van der Waals surface area contributed by atoms with Crippen LogP contribution in [-0.4, -0.2) is 26.4 Å². The Kier molecular flexibility index (Phi) is 4.52. The molecule has 0 atom stereocenters. The lowest BCUT2D eigenvalue weighted by Gasteiger charge is -2.11. The van der Waals surface area contributed by atoms with Crippen molar-refractivity contribution in [3.63, 3.8) is 0 Å². The van der Waals surface area contributed by atoms with Crippen molar-refractivity contribution in [3.05, 3.63) is 42.2 Å². The first kappa shape index (κ1) is 15.8. The van der Waals surface area contributed by atoms with Crippen molar-refractivity contribution in [2.45, 2.75) is 37.8 Å². The Balaban J connectivity index is 1.97. The fourth-order valence-electron chi connectivity index (χ4n) is 2.34. The molecule has 23 heavy (non-hydrogen) atoms.